The minimum Gasteiger partial charge on any atom is -0.370 e. The average molecular weight is 539 g/mol. The molecule has 0 bridgehead atoms. The molecule has 1 aliphatic rings. The zero-order valence-electron chi connectivity index (χ0n) is 20.7. The lowest BCUT2D eigenvalue weighted by Gasteiger charge is -2.34. The number of benzene rings is 2. The lowest BCUT2D eigenvalue weighted by atomic mass is 10.1. The van der Waals surface area contributed by atoms with Crippen molar-refractivity contribution < 1.29 is 9.18 Å². The highest BCUT2D eigenvalue weighted by Crippen LogP contribution is 2.36. The number of aromatic amines is 1. The zero-order valence-corrected chi connectivity index (χ0v) is 22.4. The summed E-state index contributed by atoms with van der Waals surface area (Å²) in [6.07, 6.45) is 2.13. The Kier molecular flexibility index (Phi) is 7.16. The number of fused-ring (bicyclic) bond motifs is 1. The molecule has 0 radical (unpaired) electrons. The van der Waals surface area contributed by atoms with E-state index in [1.807, 2.05) is 29.3 Å². The fraction of sp³-hybridized carbons (Fsp3) is 0.308. The molecule has 0 unspecified atom stereocenters. The van der Waals surface area contributed by atoms with E-state index < -0.39 is 11.5 Å². The summed E-state index contributed by atoms with van der Waals surface area (Å²) in [4.78, 5) is 40.7. The number of thiazole rings is 1. The molecule has 0 spiro atoms. The van der Waals surface area contributed by atoms with Crippen molar-refractivity contribution in [2.24, 2.45) is 0 Å². The third-order valence-corrected chi connectivity index (χ3v) is 8.23. The highest BCUT2D eigenvalue weighted by atomic mass is 32.2. The number of thioether (sulfide) groups is 1. The van der Waals surface area contributed by atoms with Crippen LogP contribution in [0.3, 0.4) is 0 Å². The summed E-state index contributed by atoms with van der Waals surface area (Å²) in [7, 11) is 5.25. The standard InChI is InChI=1S/C26H27FN6O2S2/c1-32(2)25(35)23-24(34)29-18-12-20(22(13-19(18)28-23)33(3)17-8-10-36-11-9-17)30-26-31-21(14-37-26)15-4-6-16(27)7-5-15/h4-7,12-14,17H,8-11H2,1-3H3,(H,29,34)(H,30,31). The summed E-state index contributed by atoms with van der Waals surface area (Å²) in [5.41, 5.74) is 3.65. The van der Waals surface area contributed by atoms with Crippen molar-refractivity contribution in [2.45, 2.75) is 18.9 Å². The number of hydrogen-bond acceptors (Lipinski definition) is 8. The van der Waals surface area contributed by atoms with Crippen LogP contribution >= 0.6 is 23.1 Å². The van der Waals surface area contributed by atoms with Crippen molar-refractivity contribution in [3.05, 3.63) is 63.6 Å². The van der Waals surface area contributed by atoms with Crippen molar-refractivity contribution in [2.75, 3.05) is 42.9 Å². The number of aromatic nitrogens is 3. The highest BCUT2D eigenvalue weighted by molar-refractivity contribution is 7.99. The molecule has 8 nitrogen and oxygen atoms in total. The van der Waals surface area contributed by atoms with E-state index in [0.717, 1.165) is 47.0 Å². The molecule has 5 rings (SSSR count). The van der Waals surface area contributed by atoms with Crippen LogP contribution in [-0.4, -0.2) is 64.4 Å². The number of rotatable bonds is 6. The maximum absolute atomic E-state index is 13.3. The van der Waals surface area contributed by atoms with Crippen LogP contribution in [-0.2, 0) is 0 Å². The highest BCUT2D eigenvalue weighted by Gasteiger charge is 2.23. The Morgan fingerprint density at radius 3 is 2.54 bits per heavy atom. The maximum Gasteiger partial charge on any atom is 0.280 e. The number of carbonyl (C=O) groups is 1. The van der Waals surface area contributed by atoms with Gasteiger partial charge in [0.15, 0.2) is 10.8 Å². The van der Waals surface area contributed by atoms with Crippen LogP contribution in [0.2, 0.25) is 0 Å². The number of amides is 1. The van der Waals surface area contributed by atoms with Crippen molar-refractivity contribution in [3.8, 4) is 11.3 Å². The lowest BCUT2D eigenvalue weighted by molar-refractivity contribution is 0.0820. The summed E-state index contributed by atoms with van der Waals surface area (Å²) in [5.74, 6) is 1.47. The molecule has 0 saturated carbocycles. The number of hydrogen-bond donors (Lipinski definition) is 2. The fourth-order valence-corrected chi connectivity index (χ4v) is 6.15. The lowest BCUT2D eigenvalue weighted by Crippen LogP contribution is -2.35. The van der Waals surface area contributed by atoms with E-state index in [9.17, 15) is 14.0 Å². The molecule has 3 heterocycles. The third kappa shape index (κ3) is 5.33. The van der Waals surface area contributed by atoms with E-state index in [1.165, 1.54) is 28.4 Å². The fourth-order valence-electron chi connectivity index (χ4n) is 4.34. The first-order valence-electron chi connectivity index (χ1n) is 11.9. The van der Waals surface area contributed by atoms with Crippen LogP contribution in [0.4, 0.5) is 20.9 Å². The number of carbonyl (C=O) groups excluding carboxylic acids is 1. The molecule has 1 aliphatic heterocycles. The van der Waals surface area contributed by atoms with Gasteiger partial charge in [0.25, 0.3) is 11.5 Å². The number of nitrogens with zero attached hydrogens (tertiary/aromatic N) is 4. The predicted octanol–water partition coefficient (Wildman–Crippen LogP) is 4.96. The van der Waals surface area contributed by atoms with E-state index in [4.69, 9.17) is 4.98 Å². The quantitative estimate of drug-likeness (QED) is 0.358. The molecule has 11 heteroatoms. The van der Waals surface area contributed by atoms with Gasteiger partial charge in [0.1, 0.15) is 5.82 Å². The number of nitrogens with one attached hydrogen (secondary N) is 2. The normalized spacial score (nSPS) is 14.1. The van der Waals surface area contributed by atoms with Gasteiger partial charge in [-0.15, -0.1) is 11.3 Å². The van der Waals surface area contributed by atoms with Gasteiger partial charge in [-0.2, -0.15) is 11.8 Å². The second kappa shape index (κ2) is 10.5. The molecule has 4 aromatic rings. The molecular weight excluding hydrogens is 511 g/mol. The second-order valence-corrected chi connectivity index (χ2v) is 11.2. The minimum atomic E-state index is -0.532. The molecule has 2 aromatic carbocycles. The molecule has 0 aliphatic carbocycles. The van der Waals surface area contributed by atoms with E-state index in [1.54, 1.807) is 26.2 Å². The smallest absolute Gasteiger partial charge is 0.280 e. The third-order valence-electron chi connectivity index (χ3n) is 6.42. The van der Waals surface area contributed by atoms with E-state index in [-0.39, 0.29) is 11.5 Å². The van der Waals surface area contributed by atoms with Crippen LogP contribution in [0.1, 0.15) is 23.3 Å². The Morgan fingerprint density at radius 1 is 1.11 bits per heavy atom. The molecular formula is C26H27FN6O2S2. The SMILES string of the molecule is CN(C)C(=O)c1nc2cc(N(C)C3CCSCC3)c(Nc3nc(-c4ccc(F)cc4)cs3)cc2[nH]c1=O. The maximum atomic E-state index is 13.3. The molecule has 1 fully saturated rings. The molecule has 1 saturated heterocycles. The van der Waals surface area contributed by atoms with Crippen molar-refractivity contribution in [1.82, 2.24) is 19.9 Å². The van der Waals surface area contributed by atoms with Gasteiger partial charge in [-0.1, -0.05) is 0 Å². The number of halogens is 1. The van der Waals surface area contributed by atoms with Gasteiger partial charge in [0.2, 0.25) is 0 Å². The van der Waals surface area contributed by atoms with Crippen LogP contribution in [0, 0.1) is 5.82 Å². The van der Waals surface area contributed by atoms with Gasteiger partial charge in [0, 0.05) is 38.1 Å². The van der Waals surface area contributed by atoms with Crippen LogP contribution in [0.15, 0.2) is 46.6 Å². The zero-order chi connectivity index (χ0) is 26.1. The first kappa shape index (κ1) is 25.2. The Hall–Kier alpha value is -3.44. The van der Waals surface area contributed by atoms with Crippen molar-refractivity contribution >= 4 is 56.5 Å². The van der Waals surface area contributed by atoms with Crippen LogP contribution < -0.4 is 15.8 Å². The first-order chi connectivity index (χ1) is 17.8. The van der Waals surface area contributed by atoms with Gasteiger partial charge in [-0.05, 0) is 60.7 Å². The summed E-state index contributed by atoms with van der Waals surface area (Å²) in [6, 6.07) is 10.3. The minimum absolute atomic E-state index is 0.134. The van der Waals surface area contributed by atoms with Crippen molar-refractivity contribution in [1.29, 1.82) is 0 Å². The topological polar surface area (TPSA) is 94.2 Å². The van der Waals surface area contributed by atoms with Crippen LogP contribution in [0.25, 0.3) is 22.3 Å². The molecule has 192 valence electrons. The van der Waals surface area contributed by atoms with Gasteiger partial charge in [0.05, 0.1) is 28.1 Å². The summed E-state index contributed by atoms with van der Waals surface area (Å²) in [6.45, 7) is 0. The molecule has 2 N–H and O–H groups in total. The predicted molar refractivity (Wildman–Crippen MR) is 150 cm³/mol. The average Bonchev–Trinajstić information content (AvgIpc) is 3.36. The molecule has 37 heavy (non-hydrogen) atoms. The van der Waals surface area contributed by atoms with Gasteiger partial charge >= 0.3 is 0 Å². The Balaban J connectivity index is 1.56. The second-order valence-electron chi connectivity index (χ2n) is 9.12. The van der Waals surface area contributed by atoms with Gasteiger partial charge < -0.3 is 20.1 Å². The van der Waals surface area contributed by atoms with E-state index in [2.05, 4.69) is 27.2 Å². The molecule has 1 amide bonds. The largest absolute Gasteiger partial charge is 0.370 e. The summed E-state index contributed by atoms with van der Waals surface area (Å²) >= 11 is 3.41. The monoisotopic (exact) mass is 538 g/mol. The van der Waals surface area contributed by atoms with Crippen LogP contribution in [0.5, 0.6) is 0 Å². The van der Waals surface area contributed by atoms with Gasteiger partial charge in [-0.3, -0.25) is 9.59 Å². The van der Waals surface area contributed by atoms with Crippen molar-refractivity contribution in [3.63, 3.8) is 0 Å². The Morgan fingerprint density at radius 2 is 1.84 bits per heavy atom. The van der Waals surface area contributed by atoms with E-state index in [0.29, 0.717) is 22.2 Å². The van der Waals surface area contributed by atoms with E-state index >= 15 is 0 Å². The summed E-state index contributed by atoms with van der Waals surface area (Å²) < 4.78 is 13.3. The molecule has 0 atom stereocenters. The number of anilines is 3. The summed E-state index contributed by atoms with van der Waals surface area (Å²) in [5, 5.41) is 6.01. The first-order valence-corrected chi connectivity index (χ1v) is 13.9. The number of H-pyrrole nitrogens is 1. The molecule has 2 aromatic heterocycles. The Bertz CT molecular complexity index is 1500. The van der Waals surface area contributed by atoms with Gasteiger partial charge in [-0.25, -0.2) is 14.4 Å². The Labute approximate surface area is 221 Å².